The Hall–Kier alpha value is -1.90. The highest BCUT2D eigenvalue weighted by Gasteiger charge is 2.58. The number of rotatable bonds is 7. The summed E-state index contributed by atoms with van der Waals surface area (Å²) >= 11 is 5.64. The molecule has 0 aromatic heterocycles. The summed E-state index contributed by atoms with van der Waals surface area (Å²) in [5, 5.41) is 12.9. The van der Waals surface area contributed by atoms with Gasteiger partial charge in [0.2, 0.25) is 5.91 Å². The van der Waals surface area contributed by atoms with Gasteiger partial charge in [-0.3, -0.25) is 9.59 Å². The van der Waals surface area contributed by atoms with Crippen LogP contribution in [0.25, 0.3) is 0 Å². The van der Waals surface area contributed by atoms with Crippen molar-refractivity contribution in [1.29, 1.82) is 0 Å². The van der Waals surface area contributed by atoms with E-state index in [0.29, 0.717) is 24.9 Å². The van der Waals surface area contributed by atoms with Crippen molar-refractivity contribution in [3.8, 4) is 5.75 Å². The van der Waals surface area contributed by atoms with Crippen molar-refractivity contribution in [2.75, 3.05) is 26.2 Å². The van der Waals surface area contributed by atoms with Gasteiger partial charge in [0.25, 0.3) is 5.91 Å². The van der Waals surface area contributed by atoms with Gasteiger partial charge in [-0.2, -0.15) is 0 Å². The van der Waals surface area contributed by atoms with E-state index in [1.54, 1.807) is 0 Å². The van der Waals surface area contributed by atoms with E-state index in [0.717, 1.165) is 32.0 Å². The van der Waals surface area contributed by atoms with Gasteiger partial charge in [0, 0.05) is 49.2 Å². The highest BCUT2D eigenvalue weighted by molar-refractivity contribution is 6.30. The molecule has 0 spiro atoms. The van der Waals surface area contributed by atoms with Gasteiger partial charge in [0.1, 0.15) is 11.6 Å². The average Bonchev–Trinajstić information content (AvgIpc) is 3.24. The first-order valence-corrected chi connectivity index (χ1v) is 10.8. The number of hydrogen-bond acceptors (Lipinski definition) is 5. The van der Waals surface area contributed by atoms with E-state index in [1.165, 1.54) is 12.1 Å². The molecule has 1 aromatic carbocycles. The first-order valence-electron chi connectivity index (χ1n) is 10.5. The summed E-state index contributed by atoms with van der Waals surface area (Å²) in [6.07, 6.45) is 2.28. The molecule has 3 saturated carbocycles. The Labute approximate surface area is 180 Å². The Morgan fingerprint density at radius 1 is 1.27 bits per heavy atom. The molecule has 2 bridgehead atoms. The van der Waals surface area contributed by atoms with Crippen molar-refractivity contribution < 1.29 is 18.7 Å². The lowest BCUT2D eigenvalue weighted by molar-refractivity contribution is -0.126. The maximum atomic E-state index is 13.5. The predicted molar refractivity (Wildman–Crippen MR) is 111 cm³/mol. The molecule has 3 unspecified atom stereocenters. The Morgan fingerprint density at radius 2 is 2.07 bits per heavy atom. The van der Waals surface area contributed by atoms with Crippen molar-refractivity contribution in [1.82, 2.24) is 21.3 Å². The van der Waals surface area contributed by atoms with E-state index < -0.39 is 5.82 Å². The second kappa shape index (κ2) is 8.69. The zero-order valence-electron chi connectivity index (χ0n) is 17.0. The third-order valence-electron chi connectivity index (χ3n) is 6.44. The maximum Gasteiger partial charge on any atom is 0.258 e. The lowest BCUT2D eigenvalue weighted by atomic mass is 9.76. The first-order chi connectivity index (χ1) is 14.3. The van der Waals surface area contributed by atoms with E-state index >= 15 is 0 Å². The lowest BCUT2D eigenvalue weighted by Gasteiger charge is -2.39. The summed E-state index contributed by atoms with van der Waals surface area (Å²) in [5.41, 5.74) is -0.321. The quantitative estimate of drug-likeness (QED) is 0.513. The SMILES string of the molecule is CC1CNC(CNC(=O)C2CC3(NC(=O)COc4ccc(Cl)c(F)c4)CC2C3)CN1. The van der Waals surface area contributed by atoms with E-state index in [-0.39, 0.29) is 46.7 Å². The van der Waals surface area contributed by atoms with Crippen LogP contribution in [-0.2, 0) is 9.59 Å². The zero-order chi connectivity index (χ0) is 21.3. The monoisotopic (exact) mass is 438 g/mol. The molecule has 1 heterocycles. The van der Waals surface area contributed by atoms with Crippen LogP contribution in [0.1, 0.15) is 26.2 Å². The second-order valence-electron chi connectivity index (χ2n) is 8.83. The molecule has 0 radical (unpaired) electrons. The number of benzene rings is 1. The van der Waals surface area contributed by atoms with Crippen LogP contribution in [0, 0.1) is 17.7 Å². The molecule has 3 aliphatic carbocycles. The molecule has 3 atom stereocenters. The molecule has 4 aliphatic rings. The summed E-state index contributed by atoms with van der Waals surface area (Å²) in [6, 6.07) is 4.75. The van der Waals surface area contributed by atoms with Gasteiger partial charge in [-0.1, -0.05) is 11.6 Å². The molecule has 4 fully saturated rings. The van der Waals surface area contributed by atoms with Crippen molar-refractivity contribution in [3.63, 3.8) is 0 Å². The minimum Gasteiger partial charge on any atom is -0.484 e. The number of nitrogens with one attached hydrogen (secondary N) is 4. The molecular weight excluding hydrogens is 411 g/mol. The number of halogens is 2. The van der Waals surface area contributed by atoms with Crippen LogP contribution in [0.3, 0.4) is 0 Å². The van der Waals surface area contributed by atoms with Crippen LogP contribution in [-0.4, -0.2) is 55.7 Å². The summed E-state index contributed by atoms with van der Waals surface area (Å²) in [6.45, 7) is 4.26. The molecule has 1 aliphatic heterocycles. The van der Waals surface area contributed by atoms with Gasteiger partial charge < -0.3 is 26.0 Å². The van der Waals surface area contributed by atoms with Gasteiger partial charge >= 0.3 is 0 Å². The highest BCUT2D eigenvalue weighted by Crippen LogP contribution is 2.55. The third kappa shape index (κ3) is 4.71. The summed E-state index contributed by atoms with van der Waals surface area (Å²) in [4.78, 5) is 25.0. The predicted octanol–water partition coefficient (Wildman–Crippen LogP) is 1.21. The number of fused-ring (bicyclic) bond motifs is 1. The Bertz CT molecular complexity index is 809. The van der Waals surface area contributed by atoms with Crippen molar-refractivity contribution >= 4 is 23.4 Å². The van der Waals surface area contributed by atoms with Crippen molar-refractivity contribution in [2.24, 2.45) is 11.8 Å². The normalized spacial score (nSPS) is 32.2. The van der Waals surface area contributed by atoms with E-state index in [9.17, 15) is 14.0 Å². The summed E-state index contributed by atoms with van der Waals surface area (Å²) < 4.78 is 18.8. The molecule has 2 amide bonds. The van der Waals surface area contributed by atoms with E-state index in [2.05, 4.69) is 28.2 Å². The topological polar surface area (TPSA) is 91.5 Å². The molecule has 30 heavy (non-hydrogen) atoms. The molecule has 1 aromatic rings. The molecular formula is C21H28ClFN4O3. The van der Waals surface area contributed by atoms with Crippen LogP contribution in [0.5, 0.6) is 5.75 Å². The third-order valence-corrected chi connectivity index (χ3v) is 6.74. The number of piperazine rings is 1. The molecule has 4 N–H and O–H groups in total. The van der Waals surface area contributed by atoms with Gasteiger partial charge in [0.15, 0.2) is 6.61 Å². The smallest absolute Gasteiger partial charge is 0.258 e. The van der Waals surface area contributed by atoms with Gasteiger partial charge in [-0.25, -0.2) is 4.39 Å². The molecule has 1 saturated heterocycles. The Balaban J connectivity index is 1.20. The average molecular weight is 439 g/mol. The number of carbonyl (C=O) groups excluding carboxylic acids is 2. The fraction of sp³-hybridized carbons (Fsp3) is 0.619. The fourth-order valence-corrected chi connectivity index (χ4v) is 4.94. The van der Waals surface area contributed by atoms with Gasteiger partial charge in [-0.15, -0.1) is 0 Å². The Morgan fingerprint density at radius 3 is 2.77 bits per heavy atom. The fourth-order valence-electron chi connectivity index (χ4n) is 4.82. The number of carbonyl (C=O) groups is 2. The molecule has 5 rings (SSSR count). The van der Waals surface area contributed by atoms with Crippen molar-refractivity contribution in [3.05, 3.63) is 29.0 Å². The van der Waals surface area contributed by atoms with Crippen LogP contribution in [0.15, 0.2) is 18.2 Å². The van der Waals surface area contributed by atoms with Crippen LogP contribution in [0.4, 0.5) is 4.39 Å². The zero-order valence-corrected chi connectivity index (χ0v) is 17.7. The maximum absolute atomic E-state index is 13.5. The van der Waals surface area contributed by atoms with Gasteiger partial charge in [0.05, 0.1) is 5.02 Å². The summed E-state index contributed by atoms with van der Waals surface area (Å²) in [7, 11) is 0. The minimum atomic E-state index is -0.589. The van der Waals surface area contributed by atoms with Crippen LogP contribution >= 0.6 is 11.6 Å². The Kier molecular flexibility index (Phi) is 6.18. The number of ether oxygens (including phenoxy) is 1. The lowest BCUT2D eigenvalue weighted by Crippen LogP contribution is -2.57. The molecule has 7 nitrogen and oxygen atoms in total. The van der Waals surface area contributed by atoms with Crippen LogP contribution in [0.2, 0.25) is 5.02 Å². The van der Waals surface area contributed by atoms with Crippen LogP contribution < -0.4 is 26.0 Å². The highest BCUT2D eigenvalue weighted by atomic mass is 35.5. The van der Waals surface area contributed by atoms with Crippen molar-refractivity contribution in [2.45, 2.75) is 43.8 Å². The number of amides is 2. The standard InChI is InChI=1S/C21H28ClFN4O3/c1-12-8-25-14(9-24-12)10-26-20(29)16-7-21(5-13(16)6-21)27-19(28)11-30-15-2-3-17(22)18(23)4-15/h2-4,12-14,16,24-25H,5-11H2,1H3,(H,26,29)(H,27,28). The molecule has 9 heteroatoms. The van der Waals surface area contributed by atoms with Gasteiger partial charge in [-0.05, 0) is 44.2 Å². The molecule has 164 valence electrons. The van der Waals surface area contributed by atoms with E-state index in [4.69, 9.17) is 16.3 Å². The second-order valence-corrected chi connectivity index (χ2v) is 9.24. The number of hydrogen-bond donors (Lipinski definition) is 4. The van der Waals surface area contributed by atoms with E-state index in [1.807, 2.05) is 0 Å². The first kappa shape index (κ1) is 21.3. The largest absolute Gasteiger partial charge is 0.484 e. The minimum absolute atomic E-state index is 0.00608. The summed E-state index contributed by atoms with van der Waals surface area (Å²) in [5.74, 6) is -0.284.